The first-order chi connectivity index (χ1) is 14.0. The fourth-order valence-corrected chi connectivity index (χ4v) is 106. The normalized spacial score (nSPS) is 19.9. The van der Waals surface area contributed by atoms with Crippen LogP contribution in [0.3, 0.4) is 0 Å². The van der Waals surface area contributed by atoms with Gasteiger partial charge in [0.1, 0.15) is 0 Å². The van der Waals surface area contributed by atoms with Gasteiger partial charge in [0.25, 0.3) is 0 Å². The van der Waals surface area contributed by atoms with Crippen LogP contribution in [-0.4, -0.2) is 12.9 Å². The zero-order valence-electron chi connectivity index (χ0n) is 16.6. The lowest BCUT2D eigenvalue weighted by atomic mass is 9.94. The van der Waals surface area contributed by atoms with Gasteiger partial charge in [0, 0.05) is 15.9 Å². The molecular weight excluding hydrogens is 737 g/mol. The lowest BCUT2D eigenvalue weighted by Crippen LogP contribution is -2.31. The molecule has 29 heavy (non-hydrogen) atoms. The lowest BCUT2D eigenvalue weighted by molar-refractivity contribution is -0.121. The molecule has 1 aliphatic rings. The number of hydrazone groups is 1. The summed E-state index contributed by atoms with van der Waals surface area (Å²) >= 11 is 2.27. The van der Waals surface area contributed by atoms with Crippen molar-refractivity contribution in [2.75, 3.05) is 0 Å². The van der Waals surface area contributed by atoms with Gasteiger partial charge in [-0.2, -0.15) is 5.10 Å². The molecule has 0 saturated heterocycles. The van der Waals surface area contributed by atoms with Crippen LogP contribution >= 0.6 is 136 Å². The monoisotopic (exact) mass is 766 g/mol. The highest BCUT2D eigenvalue weighted by Gasteiger charge is 2.23. The molecule has 0 aliphatic carbocycles. The molecule has 2 rings (SSSR count). The van der Waals surface area contributed by atoms with Gasteiger partial charge in [-0.05, 0) is 75.2 Å². The van der Waals surface area contributed by atoms with E-state index >= 15 is 0 Å². The van der Waals surface area contributed by atoms with Gasteiger partial charge in [0.2, 0.25) is 5.91 Å². The minimum Gasteiger partial charge on any atom is -0.273 e. The maximum atomic E-state index is 11.1. The number of halogens is 1. The summed E-state index contributed by atoms with van der Waals surface area (Å²) in [6.07, 6.45) is 0.519. The Morgan fingerprint density at radius 3 is 2.10 bits per heavy atom. The Bertz CT molecular complexity index is 702. The van der Waals surface area contributed by atoms with E-state index in [0.29, 0.717) is 6.42 Å². The summed E-state index contributed by atoms with van der Waals surface area (Å²) in [5.41, 5.74) is 4.57. The molecule has 1 aliphatic heterocycles. The van der Waals surface area contributed by atoms with E-state index in [1.165, 1.54) is 3.57 Å². The first kappa shape index (κ1) is 30.3. The molecule has 0 saturated carbocycles. The van der Waals surface area contributed by atoms with Crippen molar-refractivity contribution in [1.82, 2.24) is 5.43 Å². The zero-order chi connectivity index (χ0) is 23.0. The summed E-state index contributed by atoms with van der Waals surface area (Å²) in [6, 6.07) is 8.16. The maximum Gasteiger partial charge on any atom is 0.240 e. The first-order valence-electron chi connectivity index (χ1n) is 8.30. The highest BCUT2D eigenvalue weighted by atomic mass is 127. The number of rotatable bonds is 7. The van der Waals surface area contributed by atoms with Crippen molar-refractivity contribution in [3.63, 3.8) is 0 Å². The summed E-state index contributed by atoms with van der Waals surface area (Å²) in [7, 11) is 21.0. The van der Waals surface area contributed by atoms with Gasteiger partial charge in [-0.25, -0.2) is 5.43 Å². The predicted molar refractivity (Wildman–Crippen MR) is 187 cm³/mol. The summed E-state index contributed by atoms with van der Waals surface area (Å²) in [4.78, 5) is 11.1. The molecule has 0 radical (unpaired) electrons. The van der Waals surface area contributed by atoms with Crippen molar-refractivity contribution in [3.8, 4) is 0 Å². The second-order valence-electron chi connectivity index (χ2n) is 5.56. The molecule has 10 unspecified atom stereocenters. The predicted octanol–water partition coefficient (Wildman–Crippen LogP) is 9.92. The summed E-state index contributed by atoms with van der Waals surface area (Å²) in [6.45, 7) is 1.66. The minimum atomic E-state index is -0.493. The molecule has 1 heterocycles. The SMILES string of the molecule is C[C@@H]1CC(=O)NN=C1c1ccc(I)cc1.[3H]P(P(PP)P(P)P)P(P(P)P)P(P)P. The number of nitrogens with one attached hydrogen (secondary N) is 1. The van der Waals surface area contributed by atoms with E-state index in [1.54, 1.807) is 0 Å². The van der Waals surface area contributed by atoms with Crippen LogP contribution in [-0.2, 0) is 4.79 Å². The molecule has 1 amide bonds. The molecule has 0 fully saturated rings. The summed E-state index contributed by atoms with van der Waals surface area (Å²) < 4.78 is 9.76. The molecular formula is C11H27IN2OP14. The Morgan fingerprint density at radius 2 is 1.69 bits per heavy atom. The number of amides is 1. The van der Waals surface area contributed by atoms with Crippen molar-refractivity contribution < 1.29 is 4.79 Å². The minimum absolute atomic E-state index is 0.00300. The summed E-state index contributed by atoms with van der Waals surface area (Å²) in [5, 5.41) is 4.11. The fourth-order valence-electron chi connectivity index (χ4n) is 2.05. The molecule has 1 aromatic carbocycles. The van der Waals surface area contributed by atoms with Crippen molar-refractivity contribution in [1.29, 1.82) is 1.28 Å². The average Bonchev–Trinajstić information content (AvgIpc) is 2.63. The topological polar surface area (TPSA) is 41.5 Å². The van der Waals surface area contributed by atoms with E-state index in [4.69, 9.17) is 1.28 Å². The van der Waals surface area contributed by atoms with Crippen LogP contribution < -0.4 is 5.43 Å². The molecule has 0 bridgehead atoms. The molecule has 3 nitrogen and oxygen atoms in total. The van der Waals surface area contributed by atoms with Crippen molar-refractivity contribution in [2.45, 2.75) is 13.3 Å². The van der Waals surface area contributed by atoms with E-state index in [9.17, 15) is 4.79 Å². The van der Waals surface area contributed by atoms with Gasteiger partial charge in [-0.1, -0.05) is 34.9 Å². The molecule has 1 N–H and O–H groups in total. The van der Waals surface area contributed by atoms with Gasteiger partial charge >= 0.3 is 0 Å². The second-order valence-corrected chi connectivity index (χ2v) is 56.6. The number of carbonyl (C=O) groups is 1. The van der Waals surface area contributed by atoms with Crippen molar-refractivity contribution in [3.05, 3.63) is 33.4 Å². The van der Waals surface area contributed by atoms with Crippen molar-refractivity contribution in [2.24, 2.45) is 11.0 Å². The van der Waals surface area contributed by atoms with Gasteiger partial charge in [0.05, 0.1) is 6.99 Å². The lowest BCUT2D eigenvalue weighted by Gasteiger charge is -2.30. The molecule has 11 atom stereocenters. The van der Waals surface area contributed by atoms with Crippen molar-refractivity contribution >= 4 is 148 Å². The number of nitrogens with zero attached hydrogens (tertiary/aromatic N) is 1. The molecule has 0 aromatic heterocycles. The second kappa shape index (κ2) is 17.5. The van der Waals surface area contributed by atoms with Crippen LogP contribution in [0, 0.1) is 9.49 Å². The molecule has 1 aromatic rings. The van der Waals surface area contributed by atoms with E-state index in [-0.39, 0.29) is 46.8 Å². The number of hydrogen-bond acceptors (Lipinski definition) is 2. The smallest absolute Gasteiger partial charge is 0.240 e. The van der Waals surface area contributed by atoms with Crippen LogP contribution in [0.5, 0.6) is 0 Å². The van der Waals surface area contributed by atoms with Crippen LogP contribution in [0.1, 0.15) is 18.9 Å². The van der Waals surface area contributed by atoms with E-state index in [1.807, 2.05) is 31.2 Å². The number of hydrogen-bond donors (Lipinski definition) is 1. The number of benzene rings is 1. The third-order valence-electron chi connectivity index (χ3n) is 3.31. The highest BCUT2D eigenvalue weighted by molar-refractivity contribution is 14.1. The van der Waals surface area contributed by atoms with Gasteiger partial charge in [-0.3, -0.25) is 4.79 Å². The highest BCUT2D eigenvalue weighted by Crippen LogP contribution is 3.13. The standard InChI is InChI=1S/C11H11IN2O.H16P14/c1-7-6-10(15)13-14-11(7)8-2-4-9(12)5-3-8;1-8-13(10(2)3)9-14(11(4)5)12(6)7/h2-5,7H,6H2,1H3,(H,13,15);8-9H,1-7H2/t7-;/m1./s1/i;9T. The average molecular weight is 766 g/mol. The van der Waals surface area contributed by atoms with Gasteiger partial charge in [-0.15, -0.1) is 62.5 Å². The maximum absolute atomic E-state index is 11.1. The third kappa shape index (κ3) is 12.8. The van der Waals surface area contributed by atoms with E-state index in [0.717, 1.165) is 19.2 Å². The third-order valence-corrected chi connectivity index (χ3v) is 77.0. The molecule has 18 heteroatoms. The van der Waals surface area contributed by atoms with Crippen LogP contribution in [0.15, 0.2) is 29.4 Å². The van der Waals surface area contributed by atoms with E-state index in [2.05, 4.69) is 95.6 Å². The van der Waals surface area contributed by atoms with E-state index < -0.39 is 7.90 Å². The largest absolute Gasteiger partial charge is 0.273 e. The molecule has 0 spiro atoms. The Morgan fingerprint density at radius 1 is 1.14 bits per heavy atom. The summed E-state index contributed by atoms with van der Waals surface area (Å²) in [5.74, 6) is 0.190. The Kier molecular flexibility index (Phi) is 18.4. The van der Waals surface area contributed by atoms with Gasteiger partial charge < -0.3 is 0 Å². The van der Waals surface area contributed by atoms with Crippen LogP contribution in [0.25, 0.3) is 0 Å². The zero-order valence-corrected chi connectivity index (χ0v) is 32.2. The van der Waals surface area contributed by atoms with Crippen LogP contribution in [0.4, 0.5) is 0 Å². The number of carbonyl (C=O) groups excluding carboxylic acids is 1. The Hall–Kier alpha value is 5.11. The fraction of sp³-hybridized carbons (Fsp3) is 0.273. The van der Waals surface area contributed by atoms with Crippen LogP contribution in [0.2, 0.25) is 0 Å². The molecule has 164 valence electrons. The quantitative estimate of drug-likeness (QED) is 0.218. The Balaban J connectivity index is 0.000000300. The Labute approximate surface area is 215 Å². The van der Waals surface area contributed by atoms with Gasteiger partial charge in [0.15, 0.2) is 0 Å². The first-order valence-corrected chi connectivity index (χ1v) is 33.4.